The summed E-state index contributed by atoms with van der Waals surface area (Å²) in [5.74, 6) is 2.60. The molecule has 0 aromatic carbocycles. The van der Waals surface area contributed by atoms with Crippen LogP contribution in [-0.4, -0.2) is 43.1 Å². The summed E-state index contributed by atoms with van der Waals surface area (Å²) in [5, 5.41) is 5.94. The van der Waals surface area contributed by atoms with Gasteiger partial charge in [0.05, 0.1) is 0 Å². The van der Waals surface area contributed by atoms with Gasteiger partial charge in [-0.25, -0.2) is 9.97 Å². The van der Waals surface area contributed by atoms with E-state index in [1.807, 2.05) is 18.0 Å². The van der Waals surface area contributed by atoms with Crippen LogP contribution in [0.25, 0.3) is 0 Å². The van der Waals surface area contributed by atoms with E-state index in [4.69, 9.17) is 0 Å². The summed E-state index contributed by atoms with van der Waals surface area (Å²) in [6.45, 7) is 5.77. The van der Waals surface area contributed by atoms with E-state index < -0.39 is 0 Å². The van der Waals surface area contributed by atoms with E-state index in [1.54, 1.807) is 7.05 Å². The number of rotatable bonds is 9. The molecular weight excluding hydrogens is 266 g/mol. The van der Waals surface area contributed by atoms with Gasteiger partial charge >= 0.3 is 0 Å². The van der Waals surface area contributed by atoms with Crippen molar-refractivity contribution in [3.63, 3.8) is 0 Å². The van der Waals surface area contributed by atoms with Crippen molar-refractivity contribution in [2.24, 2.45) is 0 Å². The third kappa shape index (κ3) is 5.97. The van der Waals surface area contributed by atoms with Gasteiger partial charge in [0.25, 0.3) is 0 Å². The SMILES string of the molecule is CCCNc1cc(N(C)CCC(=O)NC)nc(CCC)n1. The number of aromatic nitrogens is 2. The lowest BCUT2D eigenvalue weighted by Crippen LogP contribution is -2.27. The van der Waals surface area contributed by atoms with Crippen molar-refractivity contribution in [3.8, 4) is 0 Å². The molecule has 0 fully saturated rings. The largest absolute Gasteiger partial charge is 0.370 e. The van der Waals surface area contributed by atoms with E-state index in [-0.39, 0.29) is 5.91 Å². The predicted octanol–water partition coefficient (Wildman–Crippen LogP) is 1.82. The fourth-order valence-electron chi connectivity index (χ4n) is 1.87. The standard InChI is InChI=1S/C15H27N5O/c1-5-7-12-18-13(17-9-6-2)11-14(19-12)20(4)10-8-15(21)16-3/h11H,5-10H2,1-4H3,(H,16,21)(H,17,18,19). The van der Waals surface area contributed by atoms with Gasteiger partial charge < -0.3 is 15.5 Å². The minimum atomic E-state index is 0.0361. The summed E-state index contributed by atoms with van der Waals surface area (Å²) in [6.07, 6.45) is 3.38. The zero-order chi connectivity index (χ0) is 15.7. The van der Waals surface area contributed by atoms with Crippen LogP contribution in [0.2, 0.25) is 0 Å². The molecule has 0 unspecified atom stereocenters. The molecule has 118 valence electrons. The average Bonchev–Trinajstić information content (AvgIpc) is 2.50. The van der Waals surface area contributed by atoms with Crippen molar-refractivity contribution in [1.82, 2.24) is 15.3 Å². The highest BCUT2D eigenvalue weighted by Gasteiger charge is 2.09. The second-order valence-electron chi connectivity index (χ2n) is 5.05. The molecule has 1 aromatic heterocycles. The zero-order valence-electron chi connectivity index (χ0n) is 13.6. The minimum Gasteiger partial charge on any atom is -0.370 e. The molecule has 0 spiro atoms. The summed E-state index contributed by atoms with van der Waals surface area (Å²) >= 11 is 0. The van der Waals surface area contributed by atoms with Gasteiger partial charge in [0.1, 0.15) is 17.5 Å². The van der Waals surface area contributed by atoms with Gasteiger partial charge in [-0.3, -0.25) is 4.79 Å². The van der Waals surface area contributed by atoms with Crippen LogP contribution in [0, 0.1) is 0 Å². The molecule has 0 atom stereocenters. The van der Waals surface area contributed by atoms with Gasteiger partial charge in [0.15, 0.2) is 0 Å². The predicted molar refractivity (Wildman–Crippen MR) is 86.8 cm³/mol. The Balaban J connectivity index is 2.82. The molecule has 21 heavy (non-hydrogen) atoms. The van der Waals surface area contributed by atoms with Crippen LogP contribution in [-0.2, 0) is 11.2 Å². The quantitative estimate of drug-likeness (QED) is 0.727. The molecule has 0 saturated heterocycles. The number of amides is 1. The van der Waals surface area contributed by atoms with E-state index in [0.717, 1.165) is 43.3 Å². The molecule has 6 nitrogen and oxygen atoms in total. The summed E-state index contributed by atoms with van der Waals surface area (Å²) < 4.78 is 0. The first kappa shape index (κ1) is 17.2. The third-order valence-electron chi connectivity index (χ3n) is 3.13. The molecule has 1 amide bonds. The lowest BCUT2D eigenvalue weighted by atomic mass is 10.3. The third-order valence-corrected chi connectivity index (χ3v) is 3.13. The molecule has 0 aliphatic rings. The highest BCUT2D eigenvalue weighted by Crippen LogP contribution is 2.16. The Morgan fingerprint density at radius 3 is 2.67 bits per heavy atom. The van der Waals surface area contributed by atoms with Gasteiger partial charge in [-0.1, -0.05) is 13.8 Å². The van der Waals surface area contributed by atoms with Crippen molar-refractivity contribution in [1.29, 1.82) is 0 Å². The average molecular weight is 293 g/mol. The van der Waals surface area contributed by atoms with E-state index in [2.05, 4.69) is 34.4 Å². The smallest absolute Gasteiger partial charge is 0.221 e. The number of carbonyl (C=O) groups excluding carboxylic acids is 1. The maximum atomic E-state index is 11.3. The molecule has 0 saturated carbocycles. The number of hydrogen-bond acceptors (Lipinski definition) is 5. The Labute approximate surface area is 127 Å². The summed E-state index contributed by atoms with van der Waals surface area (Å²) in [5.41, 5.74) is 0. The molecule has 1 rings (SSSR count). The topological polar surface area (TPSA) is 70.2 Å². The van der Waals surface area contributed by atoms with Crippen LogP contribution in [0.15, 0.2) is 6.07 Å². The van der Waals surface area contributed by atoms with E-state index in [9.17, 15) is 4.79 Å². The van der Waals surface area contributed by atoms with Crippen LogP contribution in [0.1, 0.15) is 38.9 Å². The number of aryl methyl sites for hydroxylation is 1. The number of nitrogens with zero attached hydrogens (tertiary/aromatic N) is 3. The maximum absolute atomic E-state index is 11.3. The number of anilines is 2. The van der Waals surface area contributed by atoms with Gasteiger partial charge in [0.2, 0.25) is 5.91 Å². The van der Waals surface area contributed by atoms with Gasteiger partial charge in [-0.15, -0.1) is 0 Å². The molecule has 0 bridgehead atoms. The Bertz CT molecular complexity index is 450. The summed E-state index contributed by atoms with van der Waals surface area (Å²) in [7, 11) is 3.60. The van der Waals surface area contributed by atoms with E-state index in [0.29, 0.717) is 13.0 Å². The van der Waals surface area contributed by atoms with Crippen molar-refractivity contribution >= 4 is 17.5 Å². The minimum absolute atomic E-state index is 0.0361. The Hall–Kier alpha value is -1.85. The molecule has 0 aliphatic heterocycles. The lowest BCUT2D eigenvalue weighted by molar-refractivity contribution is -0.120. The van der Waals surface area contributed by atoms with Crippen LogP contribution >= 0.6 is 0 Å². The van der Waals surface area contributed by atoms with Crippen LogP contribution in [0.3, 0.4) is 0 Å². The first-order valence-electron chi connectivity index (χ1n) is 7.64. The molecule has 1 heterocycles. The van der Waals surface area contributed by atoms with Crippen molar-refractivity contribution in [3.05, 3.63) is 11.9 Å². The van der Waals surface area contributed by atoms with Gasteiger partial charge in [-0.2, -0.15) is 0 Å². The Kier molecular flexibility index (Phi) is 7.50. The van der Waals surface area contributed by atoms with E-state index in [1.165, 1.54) is 0 Å². The number of hydrogen-bond donors (Lipinski definition) is 2. The second kappa shape index (κ2) is 9.15. The molecule has 0 radical (unpaired) electrons. The monoisotopic (exact) mass is 293 g/mol. The van der Waals surface area contributed by atoms with Crippen molar-refractivity contribution in [2.75, 3.05) is 37.4 Å². The Morgan fingerprint density at radius 2 is 2.05 bits per heavy atom. The fourth-order valence-corrected chi connectivity index (χ4v) is 1.87. The highest BCUT2D eigenvalue weighted by atomic mass is 16.1. The van der Waals surface area contributed by atoms with Gasteiger partial charge in [-0.05, 0) is 12.8 Å². The first-order valence-corrected chi connectivity index (χ1v) is 7.64. The first-order chi connectivity index (χ1) is 10.1. The zero-order valence-corrected chi connectivity index (χ0v) is 13.6. The van der Waals surface area contributed by atoms with Crippen LogP contribution < -0.4 is 15.5 Å². The summed E-state index contributed by atoms with van der Waals surface area (Å²) in [6, 6.07) is 1.94. The number of nitrogens with one attached hydrogen (secondary N) is 2. The van der Waals surface area contributed by atoms with Crippen molar-refractivity contribution in [2.45, 2.75) is 39.5 Å². The maximum Gasteiger partial charge on any atom is 0.221 e. The molecule has 0 aliphatic carbocycles. The lowest BCUT2D eigenvalue weighted by Gasteiger charge is -2.19. The van der Waals surface area contributed by atoms with Gasteiger partial charge in [0, 0.05) is 46.1 Å². The second-order valence-corrected chi connectivity index (χ2v) is 5.05. The Morgan fingerprint density at radius 1 is 1.29 bits per heavy atom. The normalized spacial score (nSPS) is 10.3. The van der Waals surface area contributed by atoms with Crippen molar-refractivity contribution < 1.29 is 4.79 Å². The fraction of sp³-hybridized carbons (Fsp3) is 0.667. The molecule has 6 heteroatoms. The van der Waals surface area contributed by atoms with Crippen LogP contribution in [0.4, 0.5) is 11.6 Å². The number of carbonyl (C=O) groups is 1. The van der Waals surface area contributed by atoms with E-state index >= 15 is 0 Å². The van der Waals surface area contributed by atoms with Crippen LogP contribution in [0.5, 0.6) is 0 Å². The molecule has 1 aromatic rings. The highest BCUT2D eigenvalue weighted by molar-refractivity contribution is 5.76. The molecule has 2 N–H and O–H groups in total. The summed E-state index contributed by atoms with van der Waals surface area (Å²) in [4.78, 5) is 22.4. The molecular formula is C15H27N5O.